The summed E-state index contributed by atoms with van der Waals surface area (Å²) in [6, 6.07) is 8.50. The maximum atomic E-state index is 11.9. The fourth-order valence-electron chi connectivity index (χ4n) is 1.93. The summed E-state index contributed by atoms with van der Waals surface area (Å²) >= 11 is 0. The molecule has 7 nitrogen and oxygen atoms in total. The first kappa shape index (κ1) is 16.4. The Bertz CT molecular complexity index is 659. The molecule has 0 spiro atoms. The number of nitrogens with one attached hydrogen (secondary N) is 2. The van der Waals surface area contributed by atoms with Crippen molar-refractivity contribution in [3.05, 3.63) is 54.4 Å². The molecule has 23 heavy (non-hydrogen) atoms. The highest BCUT2D eigenvalue weighted by Crippen LogP contribution is 2.14. The van der Waals surface area contributed by atoms with Crippen molar-refractivity contribution in [2.45, 2.75) is 19.0 Å². The van der Waals surface area contributed by atoms with Gasteiger partial charge in [0.2, 0.25) is 5.91 Å². The number of aliphatic carboxylic acids is 1. The Balaban J connectivity index is 1.89. The van der Waals surface area contributed by atoms with Crippen molar-refractivity contribution in [1.29, 1.82) is 0 Å². The maximum Gasteiger partial charge on any atom is 0.321 e. The highest BCUT2D eigenvalue weighted by Gasteiger charge is 2.20. The smallest absolute Gasteiger partial charge is 0.321 e. The number of nitrogens with zero attached hydrogens (tertiary/aromatic N) is 1. The molecule has 0 bridgehead atoms. The van der Waals surface area contributed by atoms with Gasteiger partial charge in [0.25, 0.3) is 0 Å². The van der Waals surface area contributed by atoms with E-state index in [2.05, 4.69) is 15.6 Å². The van der Waals surface area contributed by atoms with Gasteiger partial charge in [-0.25, -0.2) is 0 Å². The lowest BCUT2D eigenvalue weighted by Gasteiger charge is -2.14. The van der Waals surface area contributed by atoms with Crippen LogP contribution in [0.25, 0.3) is 0 Å². The van der Waals surface area contributed by atoms with Crippen LogP contribution in [-0.4, -0.2) is 33.1 Å². The van der Waals surface area contributed by atoms with E-state index in [0.29, 0.717) is 12.2 Å². The zero-order chi connectivity index (χ0) is 16.7. The number of carboxylic acid groups (broad SMARTS) is 1. The largest absolute Gasteiger partial charge is 0.508 e. The van der Waals surface area contributed by atoms with E-state index in [1.54, 1.807) is 18.5 Å². The maximum absolute atomic E-state index is 11.9. The number of hydrogen-bond acceptors (Lipinski definition) is 5. The number of phenolic OH excluding ortho intramolecular Hbond substituents is 1. The van der Waals surface area contributed by atoms with Crippen molar-refractivity contribution in [1.82, 2.24) is 10.3 Å². The molecule has 0 saturated carbocycles. The fraction of sp³-hybridized carbons (Fsp3) is 0.188. The lowest BCUT2D eigenvalue weighted by molar-refractivity contribution is -0.141. The van der Waals surface area contributed by atoms with Crippen LogP contribution < -0.4 is 10.6 Å². The Morgan fingerprint density at radius 2 is 1.91 bits per heavy atom. The van der Waals surface area contributed by atoms with Gasteiger partial charge >= 0.3 is 5.97 Å². The summed E-state index contributed by atoms with van der Waals surface area (Å²) in [7, 11) is 0. The molecule has 0 aliphatic rings. The number of anilines is 1. The minimum atomic E-state index is -1.10. The van der Waals surface area contributed by atoms with E-state index in [-0.39, 0.29) is 12.2 Å². The molecular weight excluding hydrogens is 298 g/mol. The number of carbonyl (C=O) groups is 2. The Kier molecular flexibility index (Phi) is 5.65. The van der Waals surface area contributed by atoms with Crippen LogP contribution in [-0.2, 0) is 16.1 Å². The van der Waals surface area contributed by atoms with E-state index in [4.69, 9.17) is 0 Å². The highest BCUT2D eigenvalue weighted by molar-refractivity contribution is 5.94. The Morgan fingerprint density at radius 3 is 2.52 bits per heavy atom. The molecular formula is C16H17N3O4. The van der Waals surface area contributed by atoms with Gasteiger partial charge in [-0.05, 0) is 35.9 Å². The van der Waals surface area contributed by atoms with Crippen LogP contribution in [0, 0.1) is 0 Å². The molecule has 0 radical (unpaired) electrons. The summed E-state index contributed by atoms with van der Waals surface area (Å²) in [5.41, 5.74) is 1.32. The van der Waals surface area contributed by atoms with Crippen LogP contribution in [0.1, 0.15) is 12.0 Å². The molecule has 1 heterocycles. The zero-order valence-electron chi connectivity index (χ0n) is 12.3. The third-order valence-electron chi connectivity index (χ3n) is 3.11. The Hall–Kier alpha value is -2.93. The summed E-state index contributed by atoms with van der Waals surface area (Å²) in [5.74, 6) is -1.44. The summed E-state index contributed by atoms with van der Waals surface area (Å²) < 4.78 is 0. The van der Waals surface area contributed by atoms with Gasteiger partial charge in [-0.2, -0.15) is 0 Å². The van der Waals surface area contributed by atoms with E-state index in [1.165, 1.54) is 24.3 Å². The quantitative estimate of drug-likeness (QED) is 0.574. The minimum Gasteiger partial charge on any atom is -0.508 e. The van der Waals surface area contributed by atoms with Crippen LogP contribution in [0.4, 0.5) is 5.69 Å². The fourth-order valence-corrected chi connectivity index (χ4v) is 1.93. The van der Waals surface area contributed by atoms with Crippen LogP contribution in [0.3, 0.4) is 0 Å². The molecule has 0 fully saturated rings. The number of amides is 1. The van der Waals surface area contributed by atoms with Gasteiger partial charge in [-0.3, -0.25) is 19.9 Å². The average molecular weight is 315 g/mol. The predicted molar refractivity (Wildman–Crippen MR) is 83.9 cm³/mol. The molecule has 7 heteroatoms. The normalized spacial score (nSPS) is 11.7. The monoisotopic (exact) mass is 315 g/mol. The summed E-state index contributed by atoms with van der Waals surface area (Å²) in [6.45, 7) is 0.303. The Labute approximate surface area is 133 Å². The van der Waals surface area contributed by atoms with Gasteiger partial charge < -0.3 is 15.5 Å². The summed E-state index contributed by atoms with van der Waals surface area (Å²) in [5, 5.41) is 23.8. The molecule has 120 valence electrons. The molecule has 0 aliphatic heterocycles. The van der Waals surface area contributed by atoms with E-state index < -0.39 is 17.9 Å². The van der Waals surface area contributed by atoms with Gasteiger partial charge in [0.05, 0.1) is 6.42 Å². The van der Waals surface area contributed by atoms with Crippen LogP contribution in [0.5, 0.6) is 5.75 Å². The first-order valence-electron chi connectivity index (χ1n) is 6.98. The molecule has 1 unspecified atom stereocenters. The zero-order valence-corrected chi connectivity index (χ0v) is 12.3. The second-order valence-corrected chi connectivity index (χ2v) is 4.93. The molecule has 2 rings (SSSR count). The standard InChI is InChI=1S/C16H17N3O4/c20-13-5-3-12(4-6-13)19-15(21)8-14(16(22)23)18-10-11-2-1-7-17-9-11/h1-7,9,14,18,20H,8,10H2,(H,19,21)(H,22,23). The predicted octanol–water partition coefficient (Wildman–Crippen LogP) is 1.36. The van der Waals surface area contributed by atoms with Crippen LogP contribution >= 0.6 is 0 Å². The molecule has 1 atom stereocenters. The highest BCUT2D eigenvalue weighted by atomic mass is 16.4. The summed E-state index contributed by atoms with van der Waals surface area (Å²) in [6.07, 6.45) is 3.04. The topological polar surface area (TPSA) is 112 Å². The van der Waals surface area contributed by atoms with Gasteiger partial charge in [0.15, 0.2) is 0 Å². The van der Waals surface area contributed by atoms with Gasteiger partial charge in [0.1, 0.15) is 11.8 Å². The first-order chi connectivity index (χ1) is 11.0. The lowest BCUT2D eigenvalue weighted by Crippen LogP contribution is -2.39. The molecule has 4 N–H and O–H groups in total. The van der Waals surface area contributed by atoms with Crippen molar-refractivity contribution < 1.29 is 19.8 Å². The number of benzene rings is 1. The number of phenols is 1. The minimum absolute atomic E-state index is 0.0875. The molecule has 1 aromatic carbocycles. The number of carboxylic acids is 1. The molecule has 0 saturated heterocycles. The van der Waals surface area contributed by atoms with E-state index in [1.807, 2.05) is 6.07 Å². The third-order valence-corrected chi connectivity index (χ3v) is 3.11. The summed E-state index contributed by atoms with van der Waals surface area (Å²) in [4.78, 5) is 27.1. The number of hydrogen-bond donors (Lipinski definition) is 4. The van der Waals surface area contributed by atoms with Crippen molar-refractivity contribution >= 4 is 17.6 Å². The van der Waals surface area contributed by atoms with E-state index in [0.717, 1.165) is 5.56 Å². The van der Waals surface area contributed by atoms with Crippen LogP contribution in [0.2, 0.25) is 0 Å². The molecule has 1 aromatic heterocycles. The van der Waals surface area contributed by atoms with E-state index >= 15 is 0 Å². The third kappa shape index (κ3) is 5.40. The number of aromatic hydroxyl groups is 1. The van der Waals surface area contributed by atoms with Gasteiger partial charge in [-0.15, -0.1) is 0 Å². The second kappa shape index (κ2) is 7.90. The number of pyridine rings is 1. The molecule has 2 aromatic rings. The average Bonchev–Trinajstić information content (AvgIpc) is 2.54. The van der Waals surface area contributed by atoms with Gasteiger partial charge in [0, 0.05) is 24.6 Å². The number of carbonyl (C=O) groups excluding carboxylic acids is 1. The van der Waals surface area contributed by atoms with E-state index in [9.17, 15) is 19.8 Å². The second-order valence-electron chi connectivity index (χ2n) is 4.93. The van der Waals surface area contributed by atoms with Crippen molar-refractivity contribution in [3.63, 3.8) is 0 Å². The number of rotatable bonds is 7. The lowest BCUT2D eigenvalue weighted by atomic mass is 10.1. The van der Waals surface area contributed by atoms with Crippen molar-refractivity contribution in [3.8, 4) is 5.75 Å². The Morgan fingerprint density at radius 1 is 1.17 bits per heavy atom. The first-order valence-corrected chi connectivity index (χ1v) is 6.98. The number of aromatic nitrogens is 1. The molecule has 1 amide bonds. The van der Waals surface area contributed by atoms with Gasteiger partial charge in [-0.1, -0.05) is 6.07 Å². The van der Waals surface area contributed by atoms with Crippen LogP contribution in [0.15, 0.2) is 48.8 Å². The molecule has 0 aliphatic carbocycles. The SMILES string of the molecule is O=C(CC(NCc1cccnc1)C(=O)O)Nc1ccc(O)cc1. The van der Waals surface area contributed by atoms with Crippen molar-refractivity contribution in [2.24, 2.45) is 0 Å². The van der Waals surface area contributed by atoms with Crippen molar-refractivity contribution in [2.75, 3.05) is 5.32 Å².